The third-order valence-electron chi connectivity index (χ3n) is 2.31. The lowest BCUT2D eigenvalue weighted by Gasteiger charge is -2.14. The Hall–Kier alpha value is -0.650. The molecular formula is C12H17BrClFN2O. The first kappa shape index (κ1) is 17.4. The summed E-state index contributed by atoms with van der Waals surface area (Å²) in [4.78, 5) is 11.8. The van der Waals surface area contributed by atoms with Crippen molar-refractivity contribution in [2.24, 2.45) is 0 Å². The van der Waals surface area contributed by atoms with Crippen molar-refractivity contribution in [3.05, 3.63) is 34.1 Å². The standard InChI is InChI=1S/C12H16BrFN2O.ClH/c1-3-15-8(2)7-16-12(17)11-9(13)5-4-6-10(11)14;/h4-6,8,15H,3,7H2,1-2H3,(H,16,17);1H/t8-;/m1./s1. The molecule has 0 unspecified atom stereocenters. The molecule has 0 heterocycles. The fourth-order valence-electron chi connectivity index (χ4n) is 1.47. The fraction of sp³-hybridized carbons (Fsp3) is 0.417. The van der Waals surface area contributed by atoms with Gasteiger partial charge in [0.25, 0.3) is 5.91 Å². The monoisotopic (exact) mass is 338 g/mol. The molecule has 6 heteroatoms. The van der Waals surface area contributed by atoms with E-state index in [1.54, 1.807) is 12.1 Å². The number of carbonyl (C=O) groups is 1. The zero-order valence-electron chi connectivity index (χ0n) is 10.3. The maximum absolute atomic E-state index is 13.5. The van der Waals surface area contributed by atoms with E-state index in [9.17, 15) is 9.18 Å². The fourth-order valence-corrected chi connectivity index (χ4v) is 1.99. The Balaban J connectivity index is 0.00000289. The second kappa shape index (κ2) is 8.45. The third kappa shape index (κ3) is 4.92. The molecule has 0 aliphatic carbocycles. The lowest BCUT2D eigenvalue weighted by atomic mass is 10.2. The molecule has 1 amide bonds. The van der Waals surface area contributed by atoms with Crippen molar-refractivity contribution in [1.82, 2.24) is 10.6 Å². The number of halogens is 3. The van der Waals surface area contributed by atoms with Crippen LogP contribution in [0.15, 0.2) is 22.7 Å². The molecule has 0 fully saturated rings. The molecule has 0 bridgehead atoms. The van der Waals surface area contributed by atoms with Crippen molar-refractivity contribution in [1.29, 1.82) is 0 Å². The van der Waals surface area contributed by atoms with Crippen molar-refractivity contribution in [3.8, 4) is 0 Å². The van der Waals surface area contributed by atoms with Gasteiger partial charge in [-0.25, -0.2) is 4.39 Å². The molecule has 0 saturated heterocycles. The van der Waals surface area contributed by atoms with Crippen LogP contribution in [-0.2, 0) is 0 Å². The van der Waals surface area contributed by atoms with Gasteiger partial charge in [0.2, 0.25) is 0 Å². The topological polar surface area (TPSA) is 41.1 Å². The maximum Gasteiger partial charge on any atom is 0.255 e. The van der Waals surface area contributed by atoms with E-state index in [1.165, 1.54) is 6.07 Å². The van der Waals surface area contributed by atoms with Crippen LogP contribution < -0.4 is 10.6 Å². The lowest BCUT2D eigenvalue weighted by molar-refractivity contribution is 0.0945. The first-order chi connectivity index (χ1) is 8.06. The number of hydrogen-bond acceptors (Lipinski definition) is 2. The smallest absolute Gasteiger partial charge is 0.255 e. The Kier molecular flexibility index (Phi) is 8.15. The van der Waals surface area contributed by atoms with E-state index in [4.69, 9.17) is 0 Å². The van der Waals surface area contributed by atoms with E-state index < -0.39 is 11.7 Å². The van der Waals surface area contributed by atoms with Crippen LogP contribution in [0.1, 0.15) is 24.2 Å². The zero-order valence-corrected chi connectivity index (χ0v) is 12.7. The highest BCUT2D eigenvalue weighted by Crippen LogP contribution is 2.19. The van der Waals surface area contributed by atoms with Crippen LogP contribution in [0.2, 0.25) is 0 Å². The van der Waals surface area contributed by atoms with Crippen molar-refractivity contribution in [3.63, 3.8) is 0 Å². The van der Waals surface area contributed by atoms with Gasteiger partial charge in [-0.2, -0.15) is 0 Å². The molecule has 0 aliphatic heterocycles. The van der Waals surface area contributed by atoms with Gasteiger partial charge < -0.3 is 10.6 Å². The Labute approximate surface area is 121 Å². The Bertz CT molecular complexity index is 383. The van der Waals surface area contributed by atoms with Crippen molar-refractivity contribution in [2.45, 2.75) is 19.9 Å². The first-order valence-electron chi connectivity index (χ1n) is 5.51. The summed E-state index contributed by atoms with van der Waals surface area (Å²) < 4.78 is 13.9. The van der Waals surface area contributed by atoms with E-state index >= 15 is 0 Å². The summed E-state index contributed by atoms with van der Waals surface area (Å²) in [5, 5.41) is 5.86. The second-order valence-electron chi connectivity index (χ2n) is 3.77. The highest BCUT2D eigenvalue weighted by Gasteiger charge is 2.15. The molecule has 1 aromatic carbocycles. The van der Waals surface area contributed by atoms with Crippen LogP contribution in [0, 0.1) is 5.82 Å². The van der Waals surface area contributed by atoms with Crippen LogP contribution >= 0.6 is 28.3 Å². The number of nitrogens with one attached hydrogen (secondary N) is 2. The lowest BCUT2D eigenvalue weighted by Crippen LogP contribution is -2.39. The largest absolute Gasteiger partial charge is 0.350 e. The van der Waals surface area contributed by atoms with Crippen molar-refractivity contribution in [2.75, 3.05) is 13.1 Å². The average molecular weight is 340 g/mol. The normalized spacial score (nSPS) is 11.6. The SMILES string of the molecule is CCN[C@H](C)CNC(=O)c1c(F)cccc1Br.Cl. The van der Waals surface area contributed by atoms with Crippen LogP contribution in [-0.4, -0.2) is 25.0 Å². The molecule has 0 saturated carbocycles. The maximum atomic E-state index is 13.5. The highest BCUT2D eigenvalue weighted by atomic mass is 79.9. The summed E-state index contributed by atoms with van der Waals surface area (Å²) in [5.74, 6) is -0.923. The quantitative estimate of drug-likeness (QED) is 0.866. The molecule has 0 aliphatic rings. The van der Waals surface area contributed by atoms with Crippen LogP contribution in [0.4, 0.5) is 4.39 Å². The van der Waals surface area contributed by atoms with E-state index in [1.807, 2.05) is 13.8 Å². The average Bonchev–Trinajstić information content (AvgIpc) is 2.26. The molecule has 3 nitrogen and oxygen atoms in total. The Morgan fingerprint density at radius 2 is 2.17 bits per heavy atom. The predicted molar refractivity (Wildman–Crippen MR) is 76.8 cm³/mol. The van der Waals surface area contributed by atoms with Crippen molar-refractivity contribution < 1.29 is 9.18 Å². The van der Waals surface area contributed by atoms with E-state index in [0.717, 1.165) is 6.54 Å². The van der Waals surface area contributed by atoms with Gasteiger partial charge in [-0.3, -0.25) is 4.79 Å². The molecule has 0 radical (unpaired) electrons. The number of hydrogen-bond donors (Lipinski definition) is 2. The molecule has 1 atom stereocenters. The first-order valence-corrected chi connectivity index (χ1v) is 6.31. The van der Waals surface area contributed by atoms with Gasteiger partial charge in [0.1, 0.15) is 5.82 Å². The number of carbonyl (C=O) groups excluding carboxylic acids is 1. The number of likely N-dealkylation sites (N-methyl/N-ethyl adjacent to an activating group) is 1. The van der Waals surface area contributed by atoms with E-state index in [0.29, 0.717) is 11.0 Å². The summed E-state index contributed by atoms with van der Waals surface area (Å²) >= 11 is 3.17. The Morgan fingerprint density at radius 1 is 1.50 bits per heavy atom. The Morgan fingerprint density at radius 3 is 2.72 bits per heavy atom. The highest BCUT2D eigenvalue weighted by molar-refractivity contribution is 9.10. The minimum Gasteiger partial charge on any atom is -0.350 e. The summed E-state index contributed by atoms with van der Waals surface area (Å²) in [7, 11) is 0. The number of benzene rings is 1. The minimum absolute atomic E-state index is 0. The van der Waals surface area contributed by atoms with E-state index in [2.05, 4.69) is 26.6 Å². The molecule has 0 spiro atoms. The summed E-state index contributed by atoms with van der Waals surface area (Å²) in [6.45, 7) is 5.25. The molecule has 2 N–H and O–H groups in total. The van der Waals surface area contributed by atoms with E-state index in [-0.39, 0.29) is 24.0 Å². The van der Waals surface area contributed by atoms with Crippen LogP contribution in [0.3, 0.4) is 0 Å². The summed E-state index contributed by atoms with van der Waals surface area (Å²) in [6.07, 6.45) is 0. The molecular weight excluding hydrogens is 322 g/mol. The van der Waals surface area contributed by atoms with Gasteiger partial charge in [0.15, 0.2) is 0 Å². The summed E-state index contributed by atoms with van der Waals surface area (Å²) in [5.41, 5.74) is 0.0520. The molecule has 102 valence electrons. The van der Waals surface area contributed by atoms with Crippen molar-refractivity contribution >= 4 is 34.2 Å². The molecule has 0 aromatic heterocycles. The van der Waals surface area contributed by atoms with Gasteiger partial charge in [0.05, 0.1) is 5.56 Å². The van der Waals surface area contributed by atoms with Gasteiger partial charge in [-0.1, -0.05) is 13.0 Å². The molecule has 18 heavy (non-hydrogen) atoms. The molecule has 1 aromatic rings. The predicted octanol–water partition coefficient (Wildman–Crippen LogP) is 2.74. The third-order valence-corrected chi connectivity index (χ3v) is 2.97. The number of amides is 1. The summed E-state index contributed by atoms with van der Waals surface area (Å²) in [6, 6.07) is 4.63. The van der Waals surface area contributed by atoms with Gasteiger partial charge in [0, 0.05) is 17.1 Å². The van der Waals surface area contributed by atoms with Gasteiger partial charge in [-0.05, 0) is 41.5 Å². The van der Waals surface area contributed by atoms with Crippen LogP contribution in [0.25, 0.3) is 0 Å². The van der Waals surface area contributed by atoms with Crippen LogP contribution in [0.5, 0.6) is 0 Å². The van der Waals surface area contributed by atoms with Gasteiger partial charge >= 0.3 is 0 Å². The zero-order chi connectivity index (χ0) is 12.8. The molecule has 1 rings (SSSR count). The number of rotatable bonds is 5. The minimum atomic E-state index is -0.520. The second-order valence-corrected chi connectivity index (χ2v) is 4.62. The van der Waals surface area contributed by atoms with Gasteiger partial charge in [-0.15, -0.1) is 12.4 Å².